The summed E-state index contributed by atoms with van der Waals surface area (Å²) in [5.74, 6) is -0.274. The standard InChI is InChI=1S/C16H15F3N4O/c1-9(2)12-5-4-11(8-10(12)3)24-14-7-6-13-20-21-15(16(17,18)19)23(13)22-14/h4-9H,1-3H3. The van der Waals surface area contributed by atoms with E-state index in [-0.39, 0.29) is 11.5 Å². The zero-order valence-electron chi connectivity index (χ0n) is 13.3. The molecular weight excluding hydrogens is 321 g/mol. The first kappa shape index (κ1) is 16.2. The minimum absolute atomic E-state index is 0.000936. The van der Waals surface area contributed by atoms with E-state index in [1.165, 1.54) is 17.7 Å². The van der Waals surface area contributed by atoms with Crippen LogP contribution in [-0.2, 0) is 6.18 Å². The molecule has 3 rings (SSSR count). The predicted molar refractivity (Wildman–Crippen MR) is 81.1 cm³/mol. The van der Waals surface area contributed by atoms with Crippen molar-refractivity contribution in [2.45, 2.75) is 32.9 Å². The molecule has 0 aliphatic carbocycles. The van der Waals surface area contributed by atoms with Crippen LogP contribution in [0.25, 0.3) is 5.65 Å². The summed E-state index contributed by atoms with van der Waals surface area (Å²) in [6.45, 7) is 6.13. The van der Waals surface area contributed by atoms with Crippen molar-refractivity contribution in [1.29, 1.82) is 0 Å². The highest BCUT2D eigenvalue weighted by atomic mass is 19.4. The van der Waals surface area contributed by atoms with Crippen LogP contribution in [0.2, 0.25) is 0 Å². The van der Waals surface area contributed by atoms with Gasteiger partial charge in [0.2, 0.25) is 5.88 Å². The molecule has 0 amide bonds. The molecule has 0 atom stereocenters. The van der Waals surface area contributed by atoms with Crippen LogP contribution in [-0.4, -0.2) is 19.8 Å². The summed E-state index contributed by atoms with van der Waals surface area (Å²) in [5, 5.41) is 10.4. The second kappa shape index (κ2) is 5.77. The van der Waals surface area contributed by atoms with Gasteiger partial charge in [0.1, 0.15) is 5.75 Å². The SMILES string of the molecule is Cc1cc(Oc2ccc3nnc(C(F)(F)F)n3n2)ccc1C(C)C. The third-order valence-corrected chi connectivity index (χ3v) is 3.58. The summed E-state index contributed by atoms with van der Waals surface area (Å²) in [6.07, 6.45) is -4.64. The van der Waals surface area contributed by atoms with Crippen molar-refractivity contribution in [3.8, 4) is 11.6 Å². The van der Waals surface area contributed by atoms with E-state index >= 15 is 0 Å². The first-order valence-electron chi connectivity index (χ1n) is 7.34. The van der Waals surface area contributed by atoms with E-state index in [1.807, 2.05) is 19.1 Å². The molecule has 0 saturated carbocycles. The highest BCUT2D eigenvalue weighted by Gasteiger charge is 2.37. The average molecular weight is 336 g/mol. The van der Waals surface area contributed by atoms with Crippen LogP contribution in [0.15, 0.2) is 30.3 Å². The lowest BCUT2D eigenvalue weighted by molar-refractivity contribution is -0.146. The third-order valence-electron chi connectivity index (χ3n) is 3.58. The molecule has 0 N–H and O–H groups in total. The molecule has 0 saturated heterocycles. The summed E-state index contributed by atoms with van der Waals surface area (Å²) in [7, 11) is 0. The van der Waals surface area contributed by atoms with Crippen molar-refractivity contribution in [2.24, 2.45) is 0 Å². The number of aryl methyl sites for hydroxylation is 1. The first-order chi connectivity index (χ1) is 11.3. The second-order valence-electron chi connectivity index (χ2n) is 5.74. The van der Waals surface area contributed by atoms with Crippen molar-refractivity contribution in [3.63, 3.8) is 0 Å². The maximum atomic E-state index is 12.9. The van der Waals surface area contributed by atoms with Crippen LogP contribution in [0.5, 0.6) is 11.6 Å². The zero-order valence-corrected chi connectivity index (χ0v) is 13.3. The Balaban J connectivity index is 1.94. The Labute approximate surface area is 136 Å². The molecule has 5 nitrogen and oxygen atoms in total. The normalized spacial score (nSPS) is 12.1. The van der Waals surface area contributed by atoms with Crippen LogP contribution in [0.1, 0.15) is 36.7 Å². The summed E-state index contributed by atoms with van der Waals surface area (Å²) in [5.41, 5.74) is 2.23. The van der Waals surface area contributed by atoms with E-state index < -0.39 is 12.0 Å². The number of hydrogen-bond donors (Lipinski definition) is 0. The van der Waals surface area contributed by atoms with Crippen molar-refractivity contribution in [1.82, 2.24) is 19.8 Å². The topological polar surface area (TPSA) is 52.3 Å². The number of ether oxygens (including phenoxy) is 1. The highest BCUT2D eigenvalue weighted by Crippen LogP contribution is 2.29. The molecule has 2 heterocycles. The molecule has 8 heteroatoms. The van der Waals surface area contributed by atoms with Gasteiger partial charge < -0.3 is 4.74 Å². The predicted octanol–water partition coefficient (Wildman–Crippen LogP) is 4.37. The summed E-state index contributed by atoms with van der Waals surface area (Å²) in [6, 6.07) is 8.37. The number of aromatic nitrogens is 4. The number of alkyl halides is 3. The van der Waals surface area contributed by atoms with Crippen LogP contribution < -0.4 is 4.74 Å². The molecule has 3 aromatic rings. The van der Waals surface area contributed by atoms with Gasteiger partial charge in [0.05, 0.1) is 0 Å². The molecule has 24 heavy (non-hydrogen) atoms. The van der Waals surface area contributed by atoms with Gasteiger partial charge in [-0.3, -0.25) is 0 Å². The van der Waals surface area contributed by atoms with E-state index in [2.05, 4.69) is 29.1 Å². The average Bonchev–Trinajstić information content (AvgIpc) is 2.90. The number of fused-ring (bicyclic) bond motifs is 1. The molecule has 126 valence electrons. The summed E-state index contributed by atoms with van der Waals surface area (Å²) in [4.78, 5) is 0. The number of hydrogen-bond acceptors (Lipinski definition) is 4. The lowest BCUT2D eigenvalue weighted by atomic mass is 9.98. The molecule has 0 unspecified atom stereocenters. The first-order valence-corrected chi connectivity index (χ1v) is 7.34. The Morgan fingerprint density at radius 3 is 2.46 bits per heavy atom. The van der Waals surface area contributed by atoms with Gasteiger partial charge in [-0.1, -0.05) is 19.9 Å². The number of rotatable bonds is 3. The van der Waals surface area contributed by atoms with E-state index in [1.54, 1.807) is 6.07 Å². The Morgan fingerprint density at radius 1 is 1.08 bits per heavy atom. The van der Waals surface area contributed by atoms with Crippen LogP contribution >= 0.6 is 0 Å². The number of nitrogens with zero attached hydrogens (tertiary/aromatic N) is 4. The Hall–Kier alpha value is -2.64. The zero-order chi connectivity index (χ0) is 17.5. The quantitative estimate of drug-likeness (QED) is 0.713. The molecule has 0 radical (unpaired) electrons. The maximum Gasteiger partial charge on any atom is 0.453 e. The maximum absolute atomic E-state index is 12.9. The van der Waals surface area contributed by atoms with Gasteiger partial charge in [-0.05, 0) is 42.2 Å². The molecule has 0 aliphatic rings. The third kappa shape index (κ3) is 3.04. The van der Waals surface area contributed by atoms with Gasteiger partial charge in [0.15, 0.2) is 5.65 Å². The van der Waals surface area contributed by atoms with Gasteiger partial charge in [0.25, 0.3) is 5.82 Å². The Kier molecular flexibility index (Phi) is 3.90. The van der Waals surface area contributed by atoms with E-state index in [0.717, 1.165) is 5.56 Å². The van der Waals surface area contributed by atoms with Gasteiger partial charge in [-0.2, -0.15) is 17.7 Å². The van der Waals surface area contributed by atoms with Crippen molar-refractivity contribution < 1.29 is 17.9 Å². The molecule has 1 aromatic carbocycles. The molecule has 0 spiro atoms. The van der Waals surface area contributed by atoms with Gasteiger partial charge >= 0.3 is 6.18 Å². The van der Waals surface area contributed by atoms with E-state index in [0.29, 0.717) is 16.2 Å². The largest absolute Gasteiger partial charge is 0.453 e. The molecule has 2 aromatic heterocycles. The summed E-state index contributed by atoms with van der Waals surface area (Å²) < 4.78 is 44.8. The lowest BCUT2D eigenvalue weighted by Gasteiger charge is -2.12. The Bertz CT molecular complexity index is 887. The van der Waals surface area contributed by atoms with Crippen LogP contribution in [0.4, 0.5) is 13.2 Å². The summed E-state index contributed by atoms with van der Waals surface area (Å²) >= 11 is 0. The monoisotopic (exact) mass is 336 g/mol. The fourth-order valence-electron chi connectivity index (χ4n) is 2.48. The fourth-order valence-corrected chi connectivity index (χ4v) is 2.48. The fraction of sp³-hybridized carbons (Fsp3) is 0.312. The minimum Gasteiger partial charge on any atom is -0.438 e. The smallest absolute Gasteiger partial charge is 0.438 e. The van der Waals surface area contributed by atoms with Gasteiger partial charge in [0, 0.05) is 6.07 Å². The molecule has 0 bridgehead atoms. The van der Waals surface area contributed by atoms with Crippen molar-refractivity contribution in [3.05, 3.63) is 47.3 Å². The number of benzene rings is 1. The minimum atomic E-state index is -4.64. The van der Waals surface area contributed by atoms with Crippen LogP contribution in [0.3, 0.4) is 0 Å². The van der Waals surface area contributed by atoms with E-state index in [9.17, 15) is 13.2 Å². The molecular formula is C16H15F3N4O. The molecule has 0 fully saturated rings. The van der Waals surface area contributed by atoms with Gasteiger partial charge in [-0.25, -0.2) is 0 Å². The highest BCUT2D eigenvalue weighted by molar-refractivity contribution is 5.41. The van der Waals surface area contributed by atoms with E-state index in [4.69, 9.17) is 4.74 Å². The second-order valence-corrected chi connectivity index (χ2v) is 5.74. The van der Waals surface area contributed by atoms with Crippen LogP contribution in [0, 0.1) is 6.92 Å². The lowest BCUT2D eigenvalue weighted by Crippen LogP contribution is -2.12. The number of halogens is 3. The molecule has 0 aliphatic heterocycles. The van der Waals surface area contributed by atoms with Gasteiger partial charge in [-0.15, -0.1) is 15.3 Å². The van der Waals surface area contributed by atoms with Crippen molar-refractivity contribution >= 4 is 5.65 Å². The Morgan fingerprint density at radius 2 is 1.83 bits per heavy atom. The van der Waals surface area contributed by atoms with Crippen molar-refractivity contribution in [2.75, 3.05) is 0 Å².